The van der Waals surface area contributed by atoms with Crippen LogP contribution in [0.25, 0.3) is 11.1 Å². The molecule has 1 heterocycles. The van der Waals surface area contributed by atoms with Gasteiger partial charge in [-0.25, -0.2) is 4.98 Å². The van der Waals surface area contributed by atoms with E-state index in [1.165, 1.54) is 0 Å². The fourth-order valence-electron chi connectivity index (χ4n) is 1.60. The number of oxazole rings is 1. The van der Waals surface area contributed by atoms with Crippen molar-refractivity contribution in [1.29, 1.82) is 5.26 Å². The largest absolute Gasteiger partial charge is 0.441 e. The Morgan fingerprint density at radius 2 is 2.18 bits per heavy atom. The summed E-state index contributed by atoms with van der Waals surface area (Å²) in [6.45, 7) is 4.96. The van der Waals surface area contributed by atoms with Crippen molar-refractivity contribution in [2.45, 2.75) is 20.8 Å². The second-order valence-corrected chi connectivity index (χ2v) is 4.48. The van der Waals surface area contributed by atoms with E-state index in [2.05, 4.69) is 4.98 Å². The maximum absolute atomic E-state index is 12.1. The number of hydrogen-bond acceptors (Lipinski definition) is 4. The van der Waals surface area contributed by atoms with Gasteiger partial charge in [0, 0.05) is 12.5 Å². The van der Waals surface area contributed by atoms with E-state index in [9.17, 15) is 4.79 Å². The lowest BCUT2D eigenvalue weighted by Crippen LogP contribution is -2.22. The molecule has 0 saturated carbocycles. The van der Waals surface area contributed by atoms with E-state index in [-0.39, 0.29) is 5.78 Å². The molecule has 2 aromatic rings. The number of ketones is 1. The normalized spacial score (nSPS) is 11.4. The lowest BCUT2D eigenvalue weighted by Gasteiger charge is -2.12. The number of aryl methyl sites for hydroxylation is 1. The number of benzene rings is 1. The summed E-state index contributed by atoms with van der Waals surface area (Å²) in [6, 6.07) is 7.02. The number of nitrogens with zero attached hydrogens (tertiary/aromatic N) is 2. The average molecular weight is 228 g/mol. The van der Waals surface area contributed by atoms with Crippen molar-refractivity contribution in [1.82, 2.24) is 4.98 Å². The minimum atomic E-state index is -1.02. The van der Waals surface area contributed by atoms with Crippen molar-refractivity contribution in [3.63, 3.8) is 0 Å². The van der Waals surface area contributed by atoms with E-state index in [4.69, 9.17) is 9.68 Å². The van der Waals surface area contributed by atoms with Crippen molar-refractivity contribution >= 4 is 16.9 Å². The zero-order chi connectivity index (χ0) is 12.6. The van der Waals surface area contributed by atoms with Gasteiger partial charge in [-0.1, -0.05) is 0 Å². The summed E-state index contributed by atoms with van der Waals surface area (Å²) in [6.07, 6.45) is 0. The van der Waals surface area contributed by atoms with E-state index in [1.807, 2.05) is 6.07 Å². The van der Waals surface area contributed by atoms with Crippen molar-refractivity contribution in [3.05, 3.63) is 29.7 Å². The monoisotopic (exact) mass is 228 g/mol. The minimum absolute atomic E-state index is 0.206. The lowest BCUT2D eigenvalue weighted by molar-refractivity contribution is 0.0892. The predicted octanol–water partition coefficient (Wildman–Crippen LogP) is 2.87. The molecule has 0 saturated heterocycles. The Kier molecular flexibility index (Phi) is 2.47. The lowest BCUT2D eigenvalue weighted by atomic mass is 9.86. The molecule has 0 N–H and O–H groups in total. The second kappa shape index (κ2) is 3.70. The third-order valence-corrected chi connectivity index (χ3v) is 2.60. The summed E-state index contributed by atoms with van der Waals surface area (Å²) in [5.41, 5.74) is 0.750. The van der Waals surface area contributed by atoms with Crippen molar-refractivity contribution in [2.24, 2.45) is 5.41 Å². The van der Waals surface area contributed by atoms with Gasteiger partial charge in [0.15, 0.2) is 17.3 Å². The van der Waals surface area contributed by atoms with E-state index < -0.39 is 5.41 Å². The van der Waals surface area contributed by atoms with Crippen LogP contribution in [0.4, 0.5) is 0 Å². The van der Waals surface area contributed by atoms with Gasteiger partial charge in [-0.05, 0) is 32.0 Å². The zero-order valence-corrected chi connectivity index (χ0v) is 9.94. The SMILES string of the molecule is Cc1nc2cc(C(=O)C(C)(C)C#N)ccc2o1. The van der Waals surface area contributed by atoms with Gasteiger partial charge < -0.3 is 4.42 Å². The molecular weight excluding hydrogens is 216 g/mol. The molecule has 0 spiro atoms. The third-order valence-electron chi connectivity index (χ3n) is 2.60. The van der Waals surface area contributed by atoms with E-state index in [1.54, 1.807) is 39.0 Å². The third kappa shape index (κ3) is 1.92. The zero-order valence-electron chi connectivity index (χ0n) is 9.94. The first-order valence-electron chi connectivity index (χ1n) is 5.27. The van der Waals surface area contributed by atoms with E-state index >= 15 is 0 Å². The molecular formula is C13H12N2O2. The molecule has 0 aliphatic carbocycles. The van der Waals surface area contributed by atoms with Crippen LogP contribution in [0.2, 0.25) is 0 Å². The van der Waals surface area contributed by atoms with Crippen LogP contribution in [0.5, 0.6) is 0 Å². The topological polar surface area (TPSA) is 66.9 Å². The summed E-state index contributed by atoms with van der Waals surface area (Å²) < 4.78 is 5.33. The Bertz CT molecular complexity index is 632. The highest BCUT2D eigenvalue weighted by Gasteiger charge is 2.28. The van der Waals surface area contributed by atoms with Gasteiger partial charge in [-0.15, -0.1) is 0 Å². The number of rotatable bonds is 2. The molecule has 17 heavy (non-hydrogen) atoms. The molecule has 0 aliphatic rings. The molecule has 0 amide bonds. The first-order valence-corrected chi connectivity index (χ1v) is 5.27. The first kappa shape index (κ1) is 11.3. The molecule has 0 aliphatic heterocycles. The maximum Gasteiger partial charge on any atom is 0.192 e. The number of aromatic nitrogens is 1. The molecule has 4 nitrogen and oxygen atoms in total. The average Bonchev–Trinajstić information content (AvgIpc) is 2.66. The molecule has 0 radical (unpaired) electrons. The highest BCUT2D eigenvalue weighted by Crippen LogP contribution is 2.24. The molecule has 86 valence electrons. The van der Waals surface area contributed by atoms with Crippen molar-refractivity contribution in [2.75, 3.05) is 0 Å². The Morgan fingerprint density at radius 1 is 1.47 bits per heavy atom. The van der Waals surface area contributed by atoms with Crippen LogP contribution in [0.1, 0.15) is 30.1 Å². The van der Waals surface area contributed by atoms with Crippen LogP contribution in [0.3, 0.4) is 0 Å². The fraction of sp³-hybridized carbons (Fsp3) is 0.308. The first-order chi connectivity index (χ1) is 7.94. The predicted molar refractivity (Wildman–Crippen MR) is 62.5 cm³/mol. The molecule has 0 unspecified atom stereocenters. The van der Waals surface area contributed by atoms with Crippen molar-refractivity contribution in [3.8, 4) is 6.07 Å². The van der Waals surface area contributed by atoms with E-state index in [0.717, 1.165) is 0 Å². The second-order valence-electron chi connectivity index (χ2n) is 4.48. The number of nitriles is 1. The Balaban J connectivity index is 2.50. The van der Waals surface area contributed by atoms with Gasteiger partial charge in [0.2, 0.25) is 0 Å². The highest BCUT2D eigenvalue weighted by atomic mass is 16.3. The molecule has 1 aromatic carbocycles. The molecule has 0 bridgehead atoms. The standard InChI is InChI=1S/C13H12N2O2/c1-8-15-10-6-9(4-5-11(10)17-8)12(16)13(2,3)7-14/h4-6H,1-3H3. The van der Waals surface area contributed by atoms with Crippen LogP contribution < -0.4 is 0 Å². The van der Waals surface area contributed by atoms with Crippen LogP contribution in [0.15, 0.2) is 22.6 Å². The number of fused-ring (bicyclic) bond motifs is 1. The number of carbonyl (C=O) groups excluding carboxylic acids is 1. The Hall–Kier alpha value is -2.15. The summed E-state index contributed by atoms with van der Waals surface area (Å²) in [4.78, 5) is 16.2. The molecule has 4 heteroatoms. The summed E-state index contributed by atoms with van der Waals surface area (Å²) in [5, 5.41) is 8.94. The van der Waals surface area contributed by atoms with Crippen LogP contribution in [-0.2, 0) is 0 Å². The fourth-order valence-corrected chi connectivity index (χ4v) is 1.60. The van der Waals surface area contributed by atoms with Gasteiger partial charge in [-0.2, -0.15) is 5.26 Å². The molecule has 0 atom stereocenters. The summed E-state index contributed by atoms with van der Waals surface area (Å²) in [7, 11) is 0. The van der Waals surface area contributed by atoms with Crippen LogP contribution >= 0.6 is 0 Å². The Morgan fingerprint density at radius 3 is 2.82 bits per heavy atom. The highest BCUT2D eigenvalue weighted by molar-refractivity contribution is 6.03. The Labute approximate surface area is 98.9 Å². The summed E-state index contributed by atoms with van der Waals surface area (Å²) >= 11 is 0. The number of hydrogen-bond donors (Lipinski definition) is 0. The summed E-state index contributed by atoms with van der Waals surface area (Å²) in [5.74, 6) is 0.353. The van der Waals surface area contributed by atoms with Gasteiger partial charge in [0.05, 0.1) is 6.07 Å². The van der Waals surface area contributed by atoms with Gasteiger partial charge >= 0.3 is 0 Å². The molecule has 2 rings (SSSR count). The quantitative estimate of drug-likeness (QED) is 0.741. The number of carbonyl (C=O) groups is 1. The smallest absolute Gasteiger partial charge is 0.192 e. The van der Waals surface area contributed by atoms with Gasteiger partial charge in [0.1, 0.15) is 10.9 Å². The molecule has 1 aromatic heterocycles. The number of Topliss-reactive ketones (excluding diaryl/α,β-unsaturated/α-hetero) is 1. The molecule has 0 fully saturated rings. The maximum atomic E-state index is 12.1. The van der Waals surface area contributed by atoms with Gasteiger partial charge in [0.25, 0.3) is 0 Å². The van der Waals surface area contributed by atoms with Crippen molar-refractivity contribution < 1.29 is 9.21 Å². The van der Waals surface area contributed by atoms with Crippen LogP contribution in [-0.4, -0.2) is 10.8 Å². The van der Waals surface area contributed by atoms with E-state index in [0.29, 0.717) is 22.6 Å². The van der Waals surface area contributed by atoms with Crippen LogP contribution in [0, 0.1) is 23.7 Å². The van der Waals surface area contributed by atoms with Gasteiger partial charge in [-0.3, -0.25) is 4.79 Å². The minimum Gasteiger partial charge on any atom is -0.441 e.